The number of rotatable bonds is 7. The highest BCUT2D eigenvalue weighted by atomic mass is 35.5. The van der Waals surface area contributed by atoms with E-state index in [1.165, 1.54) is 0 Å². The molecule has 1 aliphatic heterocycles. The van der Waals surface area contributed by atoms with Crippen LogP contribution in [0.2, 0.25) is 5.02 Å². The average molecular weight is 502 g/mol. The Morgan fingerprint density at radius 3 is 2.65 bits per heavy atom. The van der Waals surface area contributed by atoms with Gasteiger partial charge in [0.25, 0.3) is 0 Å². The SMILES string of the molecule is C[C@H](Nc1nccc(N2C(=O)OC[C@@H]2[C@H](C)OC(C)(C)C)n1)c1cnc(-c2ccc(Cl)cc2)s1. The van der Waals surface area contributed by atoms with Crippen LogP contribution in [-0.4, -0.2) is 45.4 Å². The lowest BCUT2D eigenvalue weighted by Crippen LogP contribution is -2.45. The number of hydrogen-bond acceptors (Lipinski definition) is 8. The molecule has 34 heavy (non-hydrogen) atoms. The zero-order valence-corrected chi connectivity index (χ0v) is 21.4. The minimum Gasteiger partial charge on any atom is -0.447 e. The van der Waals surface area contributed by atoms with E-state index in [0.29, 0.717) is 16.8 Å². The van der Waals surface area contributed by atoms with Crippen molar-refractivity contribution in [2.45, 2.75) is 58.4 Å². The third-order valence-electron chi connectivity index (χ3n) is 5.26. The van der Waals surface area contributed by atoms with Gasteiger partial charge in [0, 0.05) is 27.9 Å². The highest BCUT2D eigenvalue weighted by molar-refractivity contribution is 7.15. The minimum absolute atomic E-state index is 0.0849. The van der Waals surface area contributed by atoms with Gasteiger partial charge in [-0.25, -0.2) is 14.8 Å². The van der Waals surface area contributed by atoms with Crippen LogP contribution in [0.3, 0.4) is 0 Å². The molecule has 180 valence electrons. The van der Waals surface area contributed by atoms with Gasteiger partial charge in [-0.1, -0.05) is 23.7 Å². The third-order valence-corrected chi connectivity index (χ3v) is 6.74. The maximum atomic E-state index is 12.5. The van der Waals surface area contributed by atoms with E-state index in [0.717, 1.165) is 15.4 Å². The first-order valence-corrected chi connectivity index (χ1v) is 12.3. The van der Waals surface area contributed by atoms with Crippen LogP contribution in [0.15, 0.2) is 42.7 Å². The van der Waals surface area contributed by atoms with E-state index in [4.69, 9.17) is 21.1 Å². The summed E-state index contributed by atoms with van der Waals surface area (Å²) >= 11 is 7.57. The van der Waals surface area contributed by atoms with Crippen molar-refractivity contribution in [3.05, 3.63) is 52.6 Å². The summed E-state index contributed by atoms with van der Waals surface area (Å²) in [4.78, 5) is 28.6. The molecular formula is C24H28ClN5O3S. The molecule has 1 aromatic carbocycles. The molecular weight excluding hydrogens is 474 g/mol. The smallest absolute Gasteiger partial charge is 0.416 e. The summed E-state index contributed by atoms with van der Waals surface area (Å²) in [6.07, 6.45) is 2.79. The lowest BCUT2D eigenvalue weighted by atomic mass is 10.1. The number of carbonyl (C=O) groups is 1. The van der Waals surface area contributed by atoms with Gasteiger partial charge in [0.05, 0.1) is 17.7 Å². The number of carbonyl (C=O) groups excluding carboxylic acids is 1. The number of halogens is 1. The molecule has 3 aromatic rings. The van der Waals surface area contributed by atoms with Gasteiger partial charge in [0.1, 0.15) is 23.5 Å². The molecule has 0 spiro atoms. The van der Waals surface area contributed by atoms with Crippen LogP contribution in [0.5, 0.6) is 0 Å². The lowest BCUT2D eigenvalue weighted by molar-refractivity contribution is -0.0618. The van der Waals surface area contributed by atoms with Crippen molar-refractivity contribution in [1.29, 1.82) is 0 Å². The van der Waals surface area contributed by atoms with Crippen LogP contribution in [0.1, 0.15) is 45.5 Å². The molecule has 2 aromatic heterocycles. The minimum atomic E-state index is -0.442. The second-order valence-corrected chi connectivity index (χ2v) is 10.6. The fraction of sp³-hybridized carbons (Fsp3) is 0.417. The van der Waals surface area contributed by atoms with E-state index >= 15 is 0 Å². The zero-order chi connectivity index (χ0) is 24.5. The summed E-state index contributed by atoms with van der Waals surface area (Å²) in [7, 11) is 0. The first kappa shape index (κ1) is 24.4. The molecule has 8 nitrogen and oxygen atoms in total. The zero-order valence-electron chi connectivity index (χ0n) is 19.8. The van der Waals surface area contributed by atoms with Crippen molar-refractivity contribution in [1.82, 2.24) is 15.0 Å². The normalized spacial score (nSPS) is 18.0. The maximum Gasteiger partial charge on any atom is 0.416 e. The summed E-state index contributed by atoms with van der Waals surface area (Å²) in [5.74, 6) is 0.877. The first-order valence-electron chi connectivity index (χ1n) is 11.1. The van der Waals surface area contributed by atoms with Gasteiger partial charge in [-0.3, -0.25) is 4.90 Å². The predicted molar refractivity (Wildman–Crippen MR) is 135 cm³/mol. The van der Waals surface area contributed by atoms with Gasteiger partial charge in [-0.05, 0) is 52.8 Å². The Balaban J connectivity index is 1.49. The van der Waals surface area contributed by atoms with E-state index in [2.05, 4.69) is 20.3 Å². The van der Waals surface area contributed by atoms with Crippen LogP contribution in [0, 0.1) is 0 Å². The molecule has 1 amide bonds. The number of benzene rings is 1. The van der Waals surface area contributed by atoms with Crippen LogP contribution in [0.4, 0.5) is 16.6 Å². The molecule has 0 radical (unpaired) electrons. The lowest BCUT2D eigenvalue weighted by Gasteiger charge is -2.31. The van der Waals surface area contributed by atoms with Gasteiger partial charge < -0.3 is 14.8 Å². The fourth-order valence-electron chi connectivity index (χ4n) is 3.71. The van der Waals surface area contributed by atoms with E-state index in [9.17, 15) is 4.79 Å². The molecule has 0 unspecified atom stereocenters. The molecule has 1 N–H and O–H groups in total. The van der Waals surface area contributed by atoms with Crippen LogP contribution in [-0.2, 0) is 9.47 Å². The number of amides is 1. The molecule has 0 saturated carbocycles. The molecule has 4 rings (SSSR count). The van der Waals surface area contributed by atoms with Crippen LogP contribution < -0.4 is 10.2 Å². The molecule has 1 fully saturated rings. The number of anilines is 2. The summed E-state index contributed by atoms with van der Waals surface area (Å²) in [5.41, 5.74) is 0.667. The van der Waals surface area contributed by atoms with E-state index in [-0.39, 0.29) is 30.4 Å². The van der Waals surface area contributed by atoms with Gasteiger partial charge in [-0.2, -0.15) is 4.98 Å². The Hall–Kier alpha value is -2.75. The van der Waals surface area contributed by atoms with Gasteiger partial charge >= 0.3 is 6.09 Å². The van der Waals surface area contributed by atoms with Gasteiger partial charge in [-0.15, -0.1) is 11.3 Å². The number of nitrogens with one attached hydrogen (secondary N) is 1. The number of thiazole rings is 1. The van der Waals surface area contributed by atoms with Crippen molar-refractivity contribution >= 4 is 40.8 Å². The Morgan fingerprint density at radius 1 is 1.21 bits per heavy atom. The summed E-state index contributed by atoms with van der Waals surface area (Å²) in [5, 5.41) is 4.91. The molecule has 1 saturated heterocycles. The number of ether oxygens (including phenoxy) is 2. The Kier molecular flexibility index (Phi) is 7.06. The molecule has 10 heteroatoms. The Morgan fingerprint density at radius 2 is 1.94 bits per heavy atom. The van der Waals surface area contributed by atoms with Gasteiger partial charge in [0.2, 0.25) is 5.95 Å². The van der Waals surface area contributed by atoms with Crippen molar-refractivity contribution in [3.8, 4) is 10.6 Å². The Bertz CT molecular complexity index is 1150. The molecule has 0 aliphatic carbocycles. The first-order chi connectivity index (χ1) is 16.1. The van der Waals surface area contributed by atoms with Crippen molar-refractivity contribution < 1.29 is 14.3 Å². The number of cyclic esters (lactones) is 1. The second-order valence-electron chi connectivity index (χ2n) is 9.13. The largest absolute Gasteiger partial charge is 0.447 e. The number of nitrogens with zero attached hydrogens (tertiary/aromatic N) is 4. The van der Waals surface area contributed by atoms with Gasteiger partial charge in [0.15, 0.2) is 0 Å². The summed E-state index contributed by atoms with van der Waals surface area (Å²) < 4.78 is 11.4. The monoisotopic (exact) mass is 501 g/mol. The van der Waals surface area contributed by atoms with Crippen LogP contribution >= 0.6 is 22.9 Å². The number of aromatic nitrogens is 3. The highest BCUT2D eigenvalue weighted by Crippen LogP contribution is 2.31. The Labute approximate surface area is 208 Å². The molecule has 3 heterocycles. The highest BCUT2D eigenvalue weighted by Gasteiger charge is 2.40. The summed E-state index contributed by atoms with van der Waals surface area (Å²) in [6, 6.07) is 8.93. The standard InChI is InChI=1S/C24H28ClN5O3S/c1-14(19-12-27-21(34-19)16-6-8-17(25)9-7-16)28-22-26-11-10-20(29-22)30-18(13-32-23(30)31)15(2)33-24(3,4)5/h6-12,14-15,18H,13H2,1-5H3,(H,26,28,29)/t14-,15-,18+/m0/s1. The molecule has 0 bridgehead atoms. The van der Waals surface area contributed by atoms with Crippen molar-refractivity contribution in [2.24, 2.45) is 0 Å². The fourth-order valence-corrected chi connectivity index (χ4v) is 4.76. The van der Waals surface area contributed by atoms with Crippen molar-refractivity contribution in [2.75, 3.05) is 16.8 Å². The second kappa shape index (κ2) is 9.85. The van der Waals surface area contributed by atoms with E-state index in [1.54, 1.807) is 28.5 Å². The molecule has 1 aliphatic rings. The topological polar surface area (TPSA) is 89.5 Å². The molecule has 3 atom stereocenters. The average Bonchev–Trinajstić information content (AvgIpc) is 3.40. The van der Waals surface area contributed by atoms with Crippen molar-refractivity contribution in [3.63, 3.8) is 0 Å². The third kappa shape index (κ3) is 5.65. The quantitative estimate of drug-likeness (QED) is 0.427. The maximum absolute atomic E-state index is 12.5. The number of hydrogen-bond donors (Lipinski definition) is 1. The predicted octanol–water partition coefficient (Wildman–Crippen LogP) is 5.96. The van der Waals surface area contributed by atoms with E-state index in [1.807, 2.05) is 65.1 Å². The summed E-state index contributed by atoms with van der Waals surface area (Å²) in [6.45, 7) is 10.1. The van der Waals surface area contributed by atoms with Crippen LogP contribution in [0.25, 0.3) is 10.6 Å². The van der Waals surface area contributed by atoms with E-state index < -0.39 is 6.09 Å².